The average Bonchev–Trinajstić information content (AvgIpc) is 3.06. The van der Waals surface area contributed by atoms with Gasteiger partial charge < -0.3 is 9.64 Å². The smallest absolute Gasteiger partial charge is 0.229 e. The molecule has 0 aromatic heterocycles. The molecule has 0 N–H and O–H groups in total. The maximum Gasteiger partial charge on any atom is 0.229 e. The summed E-state index contributed by atoms with van der Waals surface area (Å²) in [5, 5.41) is 0. The maximum atomic E-state index is 12.5. The lowest BCUT2D eigenvalue weighted by atomic mass is 9.94. The summed E-state index contributed by atoms with van der Waals surface area (Å²) in [5.74, 6) is 0.416. The van der Waals surface area contributed by atoms with Gasteiger partial charge in [0.15, 0.2) is 6.23 Å². The van der Waals surface area contributed by atoms with E-state index in [9.17, 15) is 9.59 Å². The summed E-state index contributed by atoms with van der Waals surface area (Å²) in [5.41, 5.74) is 1.02. The van der Waals surface area contributed by atoms with Crippen LogP contribution >= 0.6 is 0 Å². The Kier molecular flexibility index (Phi) is 2.30. The SMILES string of the molecule is O=C1CC2C(=O)N3C(c4ccccc4)OCC3C2C1. The number of nitrogens with zero attached hydrogens (tertiary/aromatic N) is 1. The van der Waals surface area contributed by atoms with Gasteiger partial charge in [0.25, 0.3) is 0 Å². The van der Waals surface area contributed by atoms with Gasteiger partial charge in [-0.15, -0.1) is 0 Å². The number of benzene rings is 1. The minimum atomic E-state index is -0.264. The monoisotopic (exact) mass is 257 g/mol. The van der Waals surface area contributed by atoms with Crippen molar-refractivity contribution in [2.24, 2.45) is 11.8 Å². The van der Waals surface area contributed by atoms with E-state index in [1.54, 1.807) is 0 Å². The van der Waals surface area contributed by atoms with E-state index in [0.29, 0.717) is 19.4 Å². The molecule has 1 aromatic rings. The summed E-state index contributed by atoms with van der Waals surface area (Å²) in [6.45, 7) is 0.555. The Hall–Kier alpha value is -1.68. The fraction of sp³-hybridized carbons (Fsp3) is 0.467. The van der Waals surface area contributed by atoms with Gasteiger partial charge in [-0.05, 0) is 0 Å². The summed E-state index contributed by atoms with van der Waals surface area (Å²) in [4.78, 5) is 25.9. The van der Waals surface area contributed by atoms with Crippen LogP contribution < -0.4 is 0 Å². The fourth-order valence-electron chi connectivity index (χ4n) is 3.76. The van der Waals surface area contributed by atoms with E-state index in [1.807, 2.05) is 35.2 Å². The molecule has 1 aromatic carbocycles. The second kappa shape index (κ2) is 3.90. The molecule has 0 radical (unpaired) electrons. The van der Waals surface area contributed by atoms with Gasteiger partial charge in [-0.1, -0.05) is 30.3 Å². The highest BCUT2D eigenvalue weighted by Crippen LogP contribution is 2.48. The predicted octanol–water partition coefficient (Wildman–Crippen LogP) is 1.52. The van der Waals surface area contributed by atoms with Crippen LogP contribution in [0.3, 0.4) is 0 Å². The largest absolute Gasteiger partial charge is 0.352 e. The van der Waals surface area contributed by atoms with E-state index < -0.39 is 0 Å². The molecule has 2 saturated heterocycles. The molecule has 4 unspecified atom stereocenters. The third kappa shape index (κ3) is 1.49. The first-order valence-electron chi connectivity index (χ1n) is 6.76. The number of carbonyl (C=O) groups is 2. The Morgan fingerprint density at radius 1 is 1.11 bits per heavy atom. The zero-order valence-corrected chi connectivity index (χ0v) is 10.5. The first-order valence-corrected chi connectivity index (χ1v) is 6.76. The number of hydrogen-bond acceptors (Lipinski definition) is 3. The molecule has 19 heavy (non-hydrogen) atoms. The van der Waals surface area contributed by atoms with Crippen LogP contribution in [0.25, 0.3) is 0 Å². The first kappa shape index (κ1) is 11.2. The summed E-state index contributed by atoms with van der Waals surface area (Å²) in [7, 11) is 0. The Balaban J connectivity index is 1.67. The number of hydrogen-bond donors (Lipinski definition) is 0. The van der Waals surface area contributed by atoms with Gasteiger partial charge in [0.1, 0.15) is 5.78 Å². The van der Waals surface area contributed by atoms with Crippen molar-refractivity contribution in [1.82, 2.24) is 4.90 Å². The Labute approximate surface area is 111 Å². The molecular weight excluding hydrogens is 242 g/mol. The van der Waals surface area contributed by atoms with Gasteiger partial charge in [-0.2, -0.15) is 0 Å². The normalized spacial score (nSPS) is 36.7. The lowest BCUT2D eigenvalue weighted by Crippen LogP contribution is -2.34. The number of ether oxygens (including phenoxy) is 1. The minimum absolute atomic E-state index is 0.0902. The van der Waals surface area contributed by atoms with E-state index in [4.69, 9.17) is 4.74 Å². The highest BCUT2D eigenvalue weighted by molar-refractivity contribution is 5.93. The molecule has 3 aliphatic rings. The molecule has 4 heteroatoms. The molecule has 1 aliphatic carbocycles. The van der Waals surface area contributed by atoms with Crippen molar-refractivity contribution in [3.05, 3.63) is 35.9 Å². The van der Waals surface area contributed by atoms with Crippen LogP contribution in [0, 0.1) is 11.8 Å². The highest BCUT2D eigenvalue weighted by atomic mass is 16.5. The lowest BCUT2D eigenvalue weighted by Gasteiger charge is -2.23. The molecule has 0 spiro atoms. The summed E-state index contributed by atoms with van der Waals surface area (Å²) in [6.07, 6.45) is 0.708. The van der Waals surface area contributed by atoms with Gasteiger partial charge in [0.05, 0.1) is 18.6 Å². The summed E-state index contributed by atoms with van der Waals surface area (Å²) < 4.78 is 5.81. The number of fused-ring (bicyclic) bond motifs is 3. The molecular formula is C15H15NO3. The van der Waals surface area contributed by atoms with E-state index >= 15 is 0 Å². The van der Waals surface area contributed by atoms with Crippen LogP contribution in [0.1, 0.15) is 24.6 Å². The lowest BCUT2D eigenvalue weighted by molar-refractivity contribution is -0.138. The number of Topliss-reactive ketones (excluding diaryl/α,β-unsaturated/α-hetero) is 1. The molecule has 4 nitrogen and oxygen atoms in total. The van der Waals surface area contributed by atoms with Gasteiger partial charge in [-0.25, -0.2) is 0 Å². The fourth-order valence-corrected chi connectivity index (χ4v) is 3.76. The predicted molar refractivity (Wildman–Crippen MR) is 67.0 cm³/mol. The van der Waals surface area contributed by atoms with E-state index in [0.717, 1.165) is 5.56 Å². The van der Waals surface area contributed by atoms with Gasteiger partial charge in [-0.3, -0.25) is 9.59 Å². The van der Waals surface area contributed by atoms with E-state index in [2.05, 4.69) is 0 Å². The van der Waals surface area contributed by atoms with Crippen molar-refractivity contribution in [2.45, 2.75) is 25.1 Å². The topological polar surface area (TPSA) is 46.6 Å². The van der Waals surface area contributed by atoms with Crippen molar-refractivity contribution in [3.63, 3.8) is 0 Å². The molecule has 0 bridgehead atoms. The highest BCUT2D eigenvalue weighted by Gasteiger charge is 2.57. The van der Waals surface area contributed by atoms with E-state index in [-0.39, 0.29) is 35.8 Å². The van der Waals surface area contributed by atoms with Crippen LogP contribution in [0.5, 0.6) is 0 Å². The molecule has 4 atom stereocenters. The maximum absolute atomic E-state index is 12.5. The van der Waals surface area contributed by atoms with E-state index in [1.165, 1.54) is 0 Å². The number of ketones is 1. The molecule has 3 fully saturated rings. The van der Waals surface area contributed by atoms with Crippen LogP contribution in [0.15, 0.2) is 30.3 Å². The Bertz CT molecular complexity index is 542. The number of rotatable bonds is 1. The van der Waals surface area contributed by atoms with Crippen LogP contribution in [0.4, 0.5) is 0 Å². The number of carbonyl (C=O) groups excluding carboxylic acids is 2. The van der Waals surface area contributed by atoms with Crippen molar-refractivity contribution in [1.29, 1.82) is 0 Å². The van der Waals surface area contributed by atoms with Gasteiger partial charge >= 0.3 is 0 Å². The zero-order valence-electron chi connectivity index (χ0n) is 10.5. The van der Waals surface area contributed by atoms with Gasteiger partial charge in [0.2, 0.25) is 5.91 Å². The van der Waals surface area contributed by atoms with Crippen molar-refractivity contribution >= 4 is 11.7 Å². The van der Waals surface area contributed by atoms with Crippen molar-refractivity contribution < 1.29 is 14.3 Å². The third-order valence-electron chi connectivity index (χ3n) is 4.61. The van der Waals surface area contributed by atoms with Crippen LogP contribution in [-0.2, 0) is 14.3 Å². The first-order chi connectivity index (χ1) is 9.25. The quantitative estimate of drug-likeness (QED) is 0.766. The second-order valence-electron chi connectivity index (χ2n) is 5.63. The Morgan fingerprint density at radius 3 is 2.68 bits per heavy atom. The molecule has 4 rings (SSSR count). The average molecular weight is 257 g/mol. The zero-order chi connectivity index (χ0) is 13.0. The second-order valence-corrected chi connectivity index (χ2v) is 5.63. The third-order valence-corrected chi connectivity index (χ3v) is 4.61. The Morgan fingerprint density at radius 2 is 1.89 bits per heavy atom. The van der Waals surface area contributed by atoms with Crippen molar-refractivity contribution in [3.8, 4) is 0 Å². The summed E-state index contributed by atoms with van der Waals surface area (Å²) >= 11 is 0. The molecule has 1 saturated carbocycles. The molecule has 2 aliphatic heterocycles. The van der Waals surface area contributed by atoms with Crippen molar-refractivity contribution in [2.75, 3.05) is 6.61 Å². The van der Waals surface area contributed by atoms with Crippen LogP contribution in [-0.4, -0.2) is 29.2 Å². The molecule has 98 valence electrons. The minimum Gasteiger partial charge on any atom is -0.352 e. The van der Waals surface area contributed by atoms with Crippen LogP contribution in [0.2, 0.25) is 0 Å². The summed E-state index contributed by atoms with van der Waals surface area (Å²) in [6, 6.07) is 9.93. The standard InChI is InChI=1S/C15H15NO3/c17-10-6-11-12(7-10)14(18)16-13(11)8-19-15(16)9-4-2-1-3-5-9/h1-5,11-13,15H,6-8H2. The molecule has 1 amide bonds. The molecule has 2 heterocycles. The number of amides is 1. The van der Waals surface area contributed by atoms with Gasteiger partial charge in [0, 0.05) is 24.3 Å².